The zero-order valence-corrected chi connectivity index (χ0v) is 20.6. The Labute approximate surface area is 213 Å². The van der Waals surface area contributed by atoms with Gasteiger partial charge in [0.2, 0.25) is 0 Å². The maximum atomic E-state index is 14.2. The third-order valence-corrected chi connectivity index (χ3v) is 6.15. The standard InChI is InChI=1S/C25H29ClFN5O4/c1-32(10-11-33)9-8-18(25(35)36)13-20(29-24(34)23-15-28-31-30-23)12-16-2-4-17(5-3-16)21-14-19(26)6-7-22(21)27/h2-7,14-15,18,20,33H,8-13H2,1H3,(H,29,34)(H,35,36)(H,28,30,31)/t18-,20-/m1/s1. The molecule has 0 radical (unpaired) electrons. The Morgan fingerprint density at radius 3 is 2.58 bits per heavy atom. The van der Waals surface area contributed by atoms with E-state index in [9.17, 15) is 19.1 Å². The van der Waals surface area contributed by atoms with Crippen LogP contribution in [0.5, 0.6) is 0 Å². The first kappa shape index (κ1) is 27.3. The lowest BCUT2D eigenvalue weighted by molar-refractivity contribution is -0.142. The van der Waals surface area contributed by atoms with Crippen molar-refractivity contribution in [3.8, 4) is 11.1 Å². The number of hydrogen-bond donors (Lipinski definition) is 4. The van der Waals surface area contributed by atoms with Crippen LogP contribution in [-0.2, 0) is 11.2 Å². The highest BCUT2D eigenvalue weighted by Crippen LogP contribution is 2.27. The van der Waals surface area contributed by atoms with E-state index in [2.05, 4.69) is 20.7 Å². The fourth-order valence-electron chi connectivity index (χ4n) is 3.93. The fourth-order valence-corrected chi connectivity index (χ4v) is 4.11. The van der Waals surface area contributed by atoms with Crippen molar-refractivity contribution in [1.82, 2.24) is 25.6 Å². The molecule has 1 heterocycles. The third-order valence-electron chi connectivity index (χ3n) is 5.92. The highest BCUT2D eigenvalue weighted by molar-refractivity contribution is 6.30. The number of likely N-dealkylation sites (N-methyl/N-ethyl adjacent to an activating group) is 1. The van der Waals surface area contributed by atoms with Crippen LogP contribution < -0.4 is 5.32 Å². The van der Waals surface area contributed by atoms with Crippen LogP contribution in [0.15, 0.2) is 48.7 Å². The smallest absolute Gasteiger partial charge is 0.306 e. The second kappa shape index (κ2) is 13.1. The molecule has 11 heteroatoms. The molecule has 2 atom stereocenters. The highest BCUT2D eigenvalue weighted by atomic mass is 35.5. The van der Waals surface area contributed by atoms with Crippen LogP contribution in [0.25, 0.3) is 11.1 Å². The van der Waals surface area contributed by atoms with Gasteiger partial charge < -0.3 is 20.4 Å². The van der Waals surface area contributed by atoms with E-state index in [1.165, 1.54) is 18.3 Å². The second-order valence-electron chi connectivity index (χ2n) is 8.64. The SMILES string of the molecule is CN(CCO)CC[C@H](C[C@@H](Cc1ccc(-c2cc(Cl)ccc2F)cc1)NC(=O)c1c[nH]nn1)C(=O)O. The summed E-state index contributed by atoms with van der Waals surface area (Å²) in [6.45, 7) is 0.916. The Kier molecular flexibility index (Phi) is 9.92. The van der Waals surface area contributed by atoms with Crippen molar-refractivity contribution < 1.29 is 24.2 Å². The maximum absolute atomic E-state index is 14.2. The number of carbonyl (C=O) groups is 2. The van der Waals surface area contributed by atoms with Crippen molar-refractivity contribution in [3.63, 3.8) is 0 Å². The molecule has 9 nitrogen and oxygen atoms in total. The Morgan fingerprint density at radius 1 is 1.19 bits per heavy atom. The van der Waals surface area contributed by atoms with E-state index in [1.807, 2.05) is 24.1 Å². The van der Waals surface area contributed by atoms with Crippen LogP contribution in [0.3, 0.4) is 0 Å². The second-order valence-corrected chi connectivity index (χ2v) is 9.08. The number of amides is 1. The summed E-state index contributed by atoms with van der Waals surface area (Å²) in [7, 11) is 1.81. The van der Waals surface area contributed by atoms with Crippen molar-refractivity contribution in [2.45, 2.75) is 25.3 Å². The van der Waals surface area contributed by atoms with E-state index in [-0.39, 0.29) is 24.5 Å². The van der Waals surface area contributed by atoms with Crippen LogP contribution in [0.1, 0.15) is 28.9 Å². The van der Waals surface area contributed by atoms with Crippen molar-refractivity contribution in [1.29, 1.82) is 0 Å². The zero-order chi connectivity index (χ0) is 26.1. The molecule has 36 heavy (non-hydrogen) atoms. The zero-order valence-electron chi connectivity index (χ0n) is 19.8. The molecule has 0 saturated carbocycles. The molecule has 0 fully saturated rings. The first-order chi connectivity index (χ1) is 17.3. The van der Waals surface area contributed by atoms with Gasteiger partial charge in [0.25, 0.3) is 5.91 Å². The molecule has 3 aromatic rings. The number of carbonyl (C=O) groups excluding carboxylic acids is 1. The van der Waals surface area contributed by atoms with Gasteiger partial charge in [-0.2, -0.15) is 0 Å². The Bertz CT molecular complexity index is 1140. The van der Waals surface area contributed by atoms with Gasteiger partial charge in [0.05, 0.1) is 18.7 Å². The molecule has 4 N–H and O–H groups in total. The average Bonchev–Trinajstić information content (AvgIpc) is 3.39. The molecular weight excluding hydrogens is 489 g/mol. The Balaban J connectivity index is 1.76. The molecule has 192 valence electrons. The molecule has 0 aliphatic carbocycles. The van der Waals surface area contributed by atoms with E-state index in [1.54, 1.807) is 18.2 Å². The molecular formula is C25H29ClFN5O4. The summed E-state index contributed by atoms with van der Waals surface area (Å²) < 4.78 is 14.2. The van der Waals surface area contributed by atoms with Crippen molar-refractivity contribution >= 4 is 23.5 Å². The van der Waals surface area contributed by atoms with Gasteiger partial charge in [-0.1, -0.05) is 41.1 Å². The monoisotopic (exact) mass is 517 g/mol. The number of aliphatic hydroxyl groups excluding tert-OH is 1. The number of benzene rings is 2. The van der Waals surface area contributed by atoms with Gasteiger partial charge in [0.1, 0.15) is 5.82 Å². The predicted octanol–water partition coefficient (Wildman–Crippen LogP) is 3.01. The summed E-state index contributed by atoms with van der Waals surface area (Å²) in [5, 5.41) is 31.9. The largest absolute Gasteiger partial charge is 0.481 e. The molecule has 0 aliphatic rings. The van der Waals surface area contributed by atoms with Crippen LogP contribution in [0.4, 0.5) is 4.39 Å². The minimum atomic E-state index is -0.958. The normalized spacial score (nSPS) is 12.9. The van der Waals surface area contributed by atoms with E-state index < -0.39 is 23.8 Å². The molecule has 2 aromatic carbocycles. The summed E-state index contributed by atoms with van der Waals surface area (Å²) in [4.78, 5) is 26.5. The van der Waals surface area contributed by atoms with E-state index in [0.717, 1.165) is 5.56 Å². The molecule has 0 saturated heterocycles. The summed E-state index contributed by atoms with van der Waals surface area (Å²) in [5.41, 5.74) is 1.97. The number of carboxylic acid groups (broad SMARTS) is 1. The van der Waals surface area contributed by atoms with Crippen LogP contribution in [0, 0.1) is 11.7 Å². The number of aromatic nitrogens is 3. The summed E-state index contributed by atoms with van der Waals surface area (Å²) >= 11 is 6.01. The highest BCUT2D eigenvalue weighted by Gasteiger charge is 2.25. The Morgan fingerprint density at radius 2 is 1.94 bits per heavy atom. The van der Waals surface area contributed by atoms with Crippen molar-refractivity contribution in [3.05, 3.63) is 70.8 Å². The lowest BCUT2D eigenvalue weighted by Gasteiger charge is -2.24. The topological polar surface area (TPSA) is 131 Å². The van der Waals surface area contributed by atoms with Gasteiger partial charge in [-0.05, 0) is 62.2 Å². The van der Waals surface area contributed by atoms with Gasteiger partial charge in [0, 0.05) is 23.2 Å². The van der Waals surface area contributed by atoms with E-state index in [0.29, 0.717) is 42.1 Å². The van der Waals surface area contributed by atoms with Crippen molar-refractivity contribution in [2.75, 3.05) is 26.7 Å². The number of hydrogen-bond acceptors (Lipinski definition) is 6. The molecule has 1 amide bonds. The minimum absolute atomic E-state index is 0.0142. The van der Waals surface area contributed by atoms with E-state index >= 15 is 0 Å². The molecule has 0 spiro atoms. The van der Waals surface area contributed by atoms with E-state index in [4.69, 9.17) is 16.7 Å². The fraction of sp³-hybridized carbons (Fsp3) is 0.360. The number of halogens is 2. The minimum Gasteiger partial charge on any atom is -0.481 e. The molecule has 1 aromatic heterocycles. The lowest BCUT2D eigenvalue weighted by atomic mass is 9.91. The quantitative estimate of drug-likeness (QED) is 0.274. The van der Waals surface area contributed by atoms with Gasteiger partial charge in [-0.3, -0.25) is 14.7 Å². The van der Waals surface area contributed by atoms with Gasteiger partial charge in [0.15, 0.2) is 5.69 Å². The number of aromatic amines is 1. The average molecular weight is 518 g/mol. The number of aliphatic hydroxyl groups is 1. The molecule has 0 unspecified atom stereocenters. The number of rotatable bonds is 13. The first-order valence-electron chi connectivity index (χ1n) is 11.5. The number of nitrogens with one attached hydrogen (secondary N) is 2. The van der Waals surface area contributed by atoms with Crippen LogP contribution >= 0.6 is 11.6 Å². The molecule has 0 bridgehead atoms. The molecule has 0 aliphatic heterocycles. The number of H-pyrrole nitrogens is 1. The van der Waals surface area contributed by atoms with Crippen LogP contribution in [-0.4, -0.2) is 75.2 Å². The first-order valence-corrected chi connectivity index (χ1v) is 11.9. The lowest BCUT2D eigenvalue weighted by Crippen LogP contribution is -2.40. The predicted molar refractivity (Wildman–Crippen MR) is 133 cm³/mol. The number of carboxylic acids is 1. The summed E-state index contributed by atoms with van der Waals surface area (Å²) in [6.07, 6.45) is 2.27. The number of aliphatic carboxylic acids is 1. The van der Waals surface area contributed by atoms with Crippen molar-refractivity contribution in [2.24, 2.45) is 5.92 Å². The maximum Gasteiger partial charge on any atom is 0.306 e. The molecule has 3 rings (SSSR count). The Hall–Kier alpha value is -3.34. The van der Waals surface area contributed by atoms with Crippen LogP contribution in [0.2, 0.25) is 5.02 Å². The van der Waals surface area contributed by atoms with Gasteiger partial charge in [-0.25, -0.2) is 4.39 Å². The third kappa shape index (κ3) is 7.84. The van der Waals surface area contributed by atoms with Gasteiger partial charge in [-0.15, -0.1) is 5.10 Å². The summed E-state index contributed by atoms with van der Waals surface area (Å²) in [6, 6.07) is 11.0. The summed E-state index contributed by atoms with van der Waals surface area (Å²) in [5.74, 6) is -2.53. The number of nitrogens with zero attached hydrogens (tertiary/aromatic N) is 3. The van der Waals surface area contributed by atoms with Gasteiger partial charge >= 0.3 is 5.97 Å².